The fourth-order valence-electron chi connectivity index (χ4n) is 3.06. The van der Waals surface area contributed by atoms with E-state index < -0.39 is 0 Å². The second-order valence-corrected chi connectivity index (χ2v) is 6.04. The van der Waals surface area contributed by atoms with Gasteiger partial charge in [0.25, 0.3) is 0 Å². The molecule has 0 radical (unpaired) electrons. The van der Waals surface area contributed by atoms with Crippen LogP contribution in [0.2, 0.25) is 0 Å². The molecule has 0 aromatic carbocycles. The van der Waals surface area contributed by atoms with Crippen LogP contribution in [0.25, 0.3) is 0 Å². The molecule has 0 aliphatic heterocycles. The van der Waals surface area contributed by atoms with Crippen molar-refractivity contribution >= 4 is 0 Å². The van der Waals surface area contributed by atoms with E-state index in [0.29, 0.717) is 11.5 Å². The minimum Gasteiger partial charge on any atom is -0.308 e. The Hall–Kier alpha value is -0.890. The summed E-state index contributed by atoms with van der Waals surface area (Å²) in [7, 11) is 0. The van der Waals surface area contributed by atoms with Crippen LogP contribution < -0.4 is 5.32 Å². The molecule has 0 amide bonds. The van der Waals surface area contributed by atoms with Crippen LogP contribution in [0.3, 0.4) is 0 Å². The Kier molecular flexibility index (Phi) is 2.70. The van der Waals surface area contributed by atoms with Crippen molar-refractivity contribution in [3.05, 3.63) is 29.6 Å². The predicted molar refractivity (Wildman–Crippen MR) is 69.8 cm³/mol. The lowest BCUT2D eigenvalue weighted by molar-refractivity contribution is 0.319. The standard InChI is InChI=1S/C15H22N2/c1-11(2)15(7-8-15)10-17-13-6-5-12-4-3-9-16-14(12)13/h3-4,9,11,13,17H,5-8,10H2,1-2H3. The third-order valence-electron chi connectivity index (χ3n) is 4.78. The van der Waals surface area contributed by atoms with Crippen molar-refractivity contribution in [1.29, 1.82) is 0 Å². The van der Waals surface area contributed by atoms with E-state index in [1.807, 2.05) is 6.20 Å². The van der Waals surface area contributed by atoms with Gasteiger partial charge in [0, 0.05) is 12.7 Å². The highest BCUT2D eigenvalue weighted by molar-refractivity contribution is 5.28. The Morgan fingerprint density at radius 1 is 1.47 bits per heavy atom. The maximum absolute atomic E-state index is 4.54. The normalized spacial score (nSPS) is 25.0. The summed E-state index contributed by atoms with van der Waals surface area (Å²) in [5, 5.41) is 3.76. The Bertz CT molecular complexity index is 407. The number of pyridine rings is 1. The lowest BCUT2D eigenvalue weighted by Crippen LogP contribution is -2.30. The van der Waals surface area contributed by atoms with Crippen molar-refractivity contribution in [2.75, 3.05) is 6.54 Å². The van der Waals surface area contributed by atoms with E-state index >= 15 is 0 Å². The summed E-state index contributed by atoms with van der Waals surface area (Å²) in [6.07, 6.45) is 7.14. The summed E-state index contributed by atoms with van der Waals surface area (Å²) in [6, 6.07) is 4.78. The zero-order valence-corrected chi connectivity index (χ0v) is 10.9. The van der Waals surface area contributed by atoms with Gasteiger partial charge in [-0.1, -0.05) is 19.9 Å². The van der Waals surface area contributed by atoms with Gasteiger partial charge in [0.2, 0.25) is 0 Å². The molecular weight excluding hydrogens is 208 g/mol. The third-order valence-corrected chi connectivity index (χ3v) is 4.78. The highest BCUT2D eigenvalue weighted by atomic mass is 15.0. The molecule has 1 aromatic rings. The van der Waals surface area contributed by atoms with Gasteiger partial charge in [-0.3, -0.25) is 4.98 Å². The van der Waals surface area contributed by atoms with Crippen molar-refractivity contribution in [2.45, 2.75) is 45.6 Å². The zero-order valence-electron chi connectivity index (χ0n) is 10.9. The molecule has 1 heterocycles. The van der Waals surface area contributed by atoms with Gasteiger partial charge >= 0.3 is 0 Å². The maximum Gasteiger partial charge on any atom is 0.0605 e. The fourth-order valence-corrected chi connectivity index (χ4v) is 3.06. The molecule has 1 fully saturated rings. The van der Waals surface area contributed by atoms with Gasteiger partial charge in [0.15, 0.2) is 0 Å². The molecule has 17 heavy (non-hydrogen) atoms. The minimum atomic E-state index is 0.502. The van der Waals surface area contributed by atoms with Crippen LogP contribution in [0.1, 0.15) is 50.4 Å². The van der Waals surface area contributed by atoms with E-state index in [1.165, 1.54) is 43.5 Å². The fraction of sp³-hybridized carbons (Fsp3) is 0.667. The number of nitrogens with zero attached hydrogens (tertiary/aromatic N) is 1. The van der Waals surface area contributed by atoms with E-state index in [1.54, 1.807) is 0 Å². The number of rotatable bonds is 4. The number of aromatic nitrogens is 1. The molecule has 2 aliphatic rings. The van der Waals surface area contributed by atoms with E-state index in [2.05, 4.69) is 36.3 Å². The number of hydrogen-bond acceptors (Lipinski definition) is 2. The highest BCUT2D eigenvalue weighted by Crippen LogP contribution is 2.51. The van der Waals surface area contributed by atoms with Crippen molar-refractivity contribution in [2.24, 2.45) is 11.3 Å². The first-order valence-electron chi connectivity index (χ1n) is 6.88. The largest absolute Gasteiger partial charge is 0.308 e. The van der Waals surface area contributed by atoms with E-state index in [0.717, 1.165) is 5.92 Å². The second kappa shape index (κ2) is 4.09. The van der Waals surface area contributed by atoms with E-state index in [9.17, 15) is 0 Å². The van der Waals surface area contributed by atoms with E-state index in [4.69, 9.17) is 0 Å². The van der Waals surface area contributed by atoms with Crippen LogP contribution in [-0.2, 0) is 6.42 Å². The summed E-state index contributed by atoms with van der Waals surface area (Å²) >= 11 is 0. The Morgan fingerprint density at radius 2 is 2.29 bits per heavy atom. The van der Waals surface area contributed by atoms with Crippen LogP contribution in [-0.4, -0.2) is 11.5 Å². The SMILES string of the molecule is CC(C)C1(CNC2CCc3cccnc32)CC1. The van der Waals surface area contributed by atoms with Crippen molar-refractivity contribution in [3.8, 4) is 0 Å². The van der Waals surface area contributed by atoms with Crippen LogP contribution in [0.15, 0.2) is 18.3 Å². The average Bonchev–Trinajstić information content (AvgIpc) is 3.02. The molecule has 1 unspecified atom stereocenters. The van der Waals surface area contributed by atoms with E-state index in [-0.39, 0.29) is 0 Å². The maximum atomic E-state index is 4.54. The monoisotopic (exact) mass is 230 g/mol. The summed E-state index contributed by atoms with van der Waals surface area (Å²) in [6.45, 7) is 5.89. The average molecular weight is 230 g/mol. The molecule has 92 valence electrons. The van der Waals surface area contributed by atoms with Gasteiger partial charge in [0.1, 0.15) is 0 Å². The minimum absolute atomic E-state index is 0.502. The molecule has 0 saturated heterocycles. The van der Waals surface area contributed by atoms with Gasteiger partial charge in [-0.2, -0.15) is 0 Å². The van der Waals surface area contributed by atoms with Crippen molar-refractivity contribution in [3.63, 3.8) is 0 Å². The first-order chi connectivity index (χ1) is 8.21. The zero-order chi connectivity index (χ0) is 11.9. The van der Waals surface area contributed by atoms with Crippen molar-refractivity contribution < 1.29 is 0 Å². The number of fused-ring (bicyclic) bond motifs is 1. The lowest BCUT2D eigenvalue weighted by Gasteiger charge is -2.23. The Labute approximate surface area is 104 Å². The molecule has 2 aliphatic carbocycles. The molecule has 0 spiro atoms. The molecule has 2 heteroatoms. The molecule has 1 saturated carbocycles. The smallest absolute Gasteiger partial charge is 0.0605 e. The van der Waals surface area contributed by atoms with Gasteiger partial charge in [-0.05, 0) is 48.6 Å². The first-order valence-corrected chi connectivity index (χ1v) is 6.88. The van der Waals surface area contributed by atoms with Crippen molar-refractivity contribution in [1.82, 2.24) is 10.3 Å². The second-order valence-electron chi connectivity index (χ2n) is 6.04. The summed E-state index contributed by atoms with van der Waals surface area (Å²) in [4.78, 5) is 4.54. The predicted octanol–water partition coefficient (Wildman–Crippen LogP) is 3.09. The quantitative estimate of drug-likeness (QED) is 0.859. The topological polar surface area (TPSA) is 24.9 Å². The number of hydrogen-bond donors (Lipinski definition) is 1. The molecule has 1 aromatic heterocycles. The first kappa shape index (κ1) is 11.2. The lowest BCUT2D eigenvalue weighted by atomic mass is 9.92. The van der Waals surface area contributed by atoms with Crippen LogP contribution in [0, 0.1) is 11.3 Å². The molecule has 3 rings (SSSR count). The van der Waals surface area contributed by atoms with Gasteiger partial charge in [-0.25, -0.2) is 0 Å². The Balaban J connectivity index is 1.65. The number of nitrogens with one attached hydrogen (secondary N) is 1. The van der Waals surface area contributed by atoms with Gasteiger partial charge in [0.05, 0.1) is 11.7 Å². The molecule has 1 atom stereocenters. The summed E-state index contributed by atoms with van der Waals surface area (Å²) < 4.78 is 0. The van der Waals surface area contributed by atoms with Crippen LogP contribution >= 0.6 is 0 Å². The highest BCUT2D eigenvalue weighted by Gasteiger charge is 2.45. The molecular formula is C15H22N2. The number of aryl methyl sites for hydroxylation is 1. The molecule has 0 bridgehead atoms. The Morgan fingerprint density at radius 3 is 3.00 bits per heavy atom. The van der Waals surface area contributed by atoms with Gasteiger partial charge < -0.3 is 5.32 Å². The summed E-state index contributed by atoms with van der Waals surface area (Å²) in [5.74, 6) is 0.805. The van der Waals surface area contributed by atoms with Gasteiger partial charge in [-0.15, -0.1) is 0 Å². The van der Waals surface area contributed by atoms with Crippen LogP contribution in [0.5, 0.6) is 0 Å². The summed E-state index contributed by atoms with van der Waals surface area (Å²) in [5.41, 5.74) is 3.34. The molecule has 1 N–H and O–H groups in total. The molecule has 2 nitrogen and oxygen atoms in total. The third kappa shape index (κ3) is 1.99. The van der Waals surface area contributed by atoms with Crippen LogP contribution in [0.4, 0.5) is 0 Å².